The van der Waals surface area contributed by atoms with Gasteiger partial charge in [-0.1, -0.05) is 67.2 Å². The molecule has 0 spiro atoms. The lowest BCUT2D eigenvalue weighted by molar-refractivity contribution is 0.212. The Kier molecular flexibility index (Phi) is 7.30. The molecule has 0 heteroatoms. The molecule has 0 N–H and O–H groups in total. The third-order valence-electron chi connectivity index (χ3n) is 3.89. The van der Waals surface area contributed by atoms with Crippen LogP contribution in [0.4, 0.5) is 0 Å². The molecule has 92 valence electrons. The Morgan fingerprint density at radius 2 is 1.53 bits per heavy atom. The van der Waals surface area contributed by atoms with Gasteiger partial charge in [0.25, 0.3) is 0 Å². The predicted molar refractivity (Wildman–Crippen MR) is 71.2 cm³/mol. The highest BCUT2D eigenvalue weighted by Crippen LogP contribution is 2.38. The molecular formula is C15H32. The van der Waals surface area contributed by atoms with Crippen LogP contribution in [0.5, 0.6) is 0 Å². The van der Waals surface area contributed by atoms with Crippen LogP contribution in [0.1, 0.15) is 80.1 Å². The summed E-state index contributed by atoms with van der Waals surface area (Å²) in [6, 6.07) is 0. The molecule has 1 fully saturated rings. The fourth-order valence-electron chi connectivity index (χ4n) is 2.65. The molecule has 0 aromatic heterocycles. The van der Waals surface area contributed by atoms with E-state index in [1.807, 2.05) is 13.8 Å². The SMILES string of the molecule is CC.CCC1CCCC(C(C)(C)C)CC1. The molecule has 0 aliphatic heterocycles. The Hall–Kier alpha value is 0. The first-order chi connectivity index (χ1) is 7.04. The Labute approximate surface area is 97.8 Å². The number of hydrogen-bond acceptors (Lipinski definition) is 0. The highest BCUT2D eigenvalue weighted by molar-refractivity contribution is 4.78. The van der Waals surface area contributed by atoms with E-state index in [0.29, 0.717) is 5.41 Å². The van der Waals surface area contributed by atoms with Crippen molar-refractivity contribution in [3.63, 3.8) is 0 Å². The highest BCUT2D eigenvalue weighted by atomic mass is 14.3. The lowest BCUT2D eigenvalue weighted by atomic mass is 9.76. The van der Waals surface area contributed by atoms with Crippen molar-refractivity contribution in [3.05, 3.63) is 0 Å². The van der Waals surface area contributed by atoms with Crippen LogP contribution < -0.4 is 0 Å². The van der Waals surface area contributed by atoms with E-state index in [2.05, 4.69) is 27.7 Å². The minimum atomic E-state index is 0.544. The zero-order chi connectivity index (χ0) is 11.9. The Bertz CT molecular complexity index is 141. The van der Waals surface area contributed by atoms with Gasteiger partial charge in [-0.15, -0.1) is 0 Å². The molecule has 0 amide bonds. The Morgan fingerprint density at radius 3 is 2.00 bits per heavy atom. The lowest BCUT2D eigenvalue weighted by Crippen LogP contribution is -2.19. The maximum atomic E-state index is 2.41. The molecule has 0 bridgehead atoms. The molecule has 2 atom stereocenters. The van der Waals surface area contributed by atoms with E-state index in [1.54, 1.807) is 0 Å². The van der Waals surface area contributed by atoms with Crippen molar-refractivity contribution in [2.45, 2.75) is 80.1 Å². The molecule has 1 aliphatic rings. The van der Waals surface area contributed by atoms with E-state index >= 15 is 0 Å². The highest BCUT2D eigenvalue weighted by Gasteiger charge is 2.26. The molecular weight excluding hydrogens is 180 g/mol. The van der Waals surface area contributed by atoms with Crippen molar-refractivity contribution in [1.82, 2.24) is 0 Å². The van der Waals surface area contributed by atoms with Crippen LogP contribution in [0.2, 0.25) is 0 Å². The lowest BCUT2D eigenvalue weighted by Gasteiger charge is -2.29. The number of rotatable bonds is 1. The van der Waals surface area contributed by atoms with Crippen molar-refractivity contribution in [1.29, 1.82) is 0 Å². The van der Waals surface area contributed by atoms with Crippen molar-refractivity contribution in [2.24, 2.45) is 17.3 Å². The first kappa shape index (κ1) is 15.0. The van der Waals surface area contributed by atoms with Gasteiger partial charge in [-0.25, -0.2) is 0 Å². The molecule has 0 aromatic rings. The molecule has 0 saturated heterocycles. The van der Waals surface area contributed by atoms with Crippen LogP contribution in [0.25, 0.3) is 0 Å². The van der Waals surface area contributed by atoms with Gasteiger partial charge in [0.2, 0.25) is 0 Å². The minimum absolute atomic E-state index is 0.544. The predicted octanol–water partition coefficient (Wildman–Crippen LogP) is 5.67. The third-order valence-corrected chi connectivity index (χ3v) is 3.89. The maximum absolute atomic E-state index is 2.41. The standard InChI is InChI=1S/C13H26.C2H6/c1-5-11-7-6-8-12(10-9-11)13(2,3)4;1-2/h11-12H,5-10H2,1-4H3;1-2H3. The van der Waals surface area contributed by atoms with Crippen LogP contribution in [-0.2, 0) is 0 Å². The summed E-state index contributed by atoms with van der Waals surface area (Å²) in [5, 5.41) is 0. The van der Waals surface area contributed by atoms with Crippen molar-refractivity contribution in [3.8, 4) is 0 Å². The van der Waals surface area contributed by atoms with Crippen LogP contribution in [-0.4, -0.2) is 0 Å². The molecule has 15 heavy (non-hydrogen) atoms. The second kappa shape index (κ2) is 7.30. The van der Waals surface area contributed by atoms with Gasteiger partial charge in [0.05, 0.1) is 0 Å². The molecule has 2 unspecified atom stereocenters. The van der Waals surface area contributed by atoms with Gasteiger partial charge >= 0.3 is 0 Å². The van der Waals surface area contributed by atoms with Crippen molar-refractivity contribution >= 4 is 0 Å². The molecule has 0 aromatic carbocycles. The molecule has 0 heterocycles. The average Bonchev–Trinajstić information content (AvgIpc) is 2.44. The molecule has 1 rings (SSSR count). The van der Waals surface area contributed by atoms with Gasteiger partial charge in [-0.2, -0.15) is 0 Å². The summed E-state index contributed by atoms with van der Waals surface area (Å²) in [7, 11) is 0. The van der Waals surface area contributed by atoms with Crippen molar-refractivity contribution < 1.29 is 0 Å². The molecule has 1 aliphatic carbocycles. The zero-order valence-electron chi connectivity index (χ0n) is 11.9. The van der Waals surface area contributed by atoms with E-state index in [-0.39, 0.29) is 0 Å². The van der Waals surface area contributed by atoms with E-state index in [0.717, 1.165) is 11.8 Å². The second-order valence-electron chi connectivity index (χ2n) is 5.85. The van der Waals surface area contributed by atoms with Crippen LogP contribution in [0.3, 0.4) is 0 Å². The van der Waals surface area contributed by atoms with Crippen LogP contribution in [0.15, 0.2) is 0 Å². The van der Waals surface area contributed by atoms with E-state index in [4.69, 9.17) is 0 Å². The fourth-order valence-corrected chi connectivity index (χ4v) is 2.65. The van der Waals surface area contributed by atoms with Gasteiger partial charge in [0, 0.05) is 0 Å². The van der Waals surface area contributed by atoms with Gasteiger partial charge in [0.15, 0.2) is 0 Å². The van der Waals surface area contributed by atoms with Crippen molar-refractivity contribution in [2.75, 3.05) is 0 Å². The minimum Gasteiger partial charge on any atom is -0.0683 e. The number of hydrogen-bond donors (Lipinski definition) is 0. The summed E-state index contributed by atoms with van der Waals surface area (Å²) in [4.78, 5) is 0. The molecule has 1 saturated carbocycles. The maximum Gasteiger partial charge on any atom is -0.0354 e. The van der Waals surface area contributed by atoms with Gasteiger partial charge in [-0.3, -0.25) is 0 Å². The van der Waals surface area contributed by atoms with Gasteiger partial charge in [0.1, 0.15) is 0 Å². The summed E-state index contributed by atoms with van der Waals surface area (Å²) < 4.78 is 0. The van der Waals surface area contributed by atoms with Crippen LogP contribution >= 0.6 is 0 Å². The Morgan fingerprint density at radius 1 is 0.933 bits per heavy atom. The summed E-state index contributed by atoms with van der Waals surface area (Å²) in [5.41, 5.74) is 0.544. The third kappa shape index (κ3) is 5.58. The normalized spacial score (nSPS) is 27.6. The van der Waals surface area contributed by atoms with E-state index < -0.39 is 0 Å². The first-order valence-corrected chi connectivity index (χ1v) is 7.04. The monoisotopic (exact) mass is 212 g/mol. The van der Waals surface area contributed by atoms with Gasteiger partial charge in [-0.05, 0) is 30.1 Å². The summed E-state index contributed by atoms with van der Waals surface area (Å²) in [6.07, 6.45) is 8.79. The first-order valence-electron chi connectivity index (χ1n) is 7.04. The van der Waals surface area contributed by atoms with E-state index in [9.17, 15) is 0 Å². The van der Waals surface area contributed by atoms with Gasteiger partial charge < -0.3 is 0 Å². The summed E-state index contributed by atoms with van der Waals surface area (Å²) in [5.74, 6) is 2.01. The summed E-state index contributed by atoms with van der Waals surface area (Å²) >= 11 is 0. The zero-order valence-corrected chi connectivity index (χ0v) is 11.9. The molecule has 0 nitrogen and oxygen atoms in total. The largest absolute Gasteiger partial charge is 0.0683 e. The average molecular weight is 212 g/mol. The molecule has 0 radical (unpaired) electrons. The smallest absolute Gasteiger partial charge is 0.0354 e. The quantitative estimate of drug-likeness (QED) is 0.492. The Balaban J connectivity index is 0.000000921. The second-order valence-corrected chi connectivity index (χ2v) is 5.85. The van der Waals surface area contributed by atoms with E-state index in [1.165, 1.54) is 38.5 Å². The van der Waals surface area contributed by atoms with Crippen LogP contribution in [0, 0.1) is 17.3 Å². The topological polar surface area (TPSA) is 0 Å². The summed E-state index contributed by atoms with van der Waals surface area (Å²) in [6.45, 7) is 13.6. The fraction of sp³-hybridized carbons (Fsp3) is 1.00.